The Labute approximate surface area is 767 Å². The molecule has 17 rings (SSSR count). The van der Waals surface area contributed by atoms with E-state index >= 15 is 0 Å². The highest BCUT2D eigenvalue weighted by Gasteiger charge is 2.46. The smallest absolute Gasteiger partial charge is 0.252 e. The molecule has 2 aromatic heterocycles. The minimum absolute atomic E-state index is 0.000387. The van der Waals surface area contributed by atoms with Crippen molar-refractivity contribution in [2.75, 3.05) is 9.80 Å². The second kappa shape index (κ2) is 31.6. The molecular formula is C121H137BN4. The Hall–Kier alpha value is -10.9. The average molecular weight is 1670 g/mol. The van der Waals surface area contributed by atoms with E-state index < -0.39 is 6.71 Å². The molecule has 0 saturated carbocycles. The average Bonchev–Trinajstić information content (AvgIpc) is 0.926. The zero-order chi connectivity index (χ0) is 96.8. The zero-order valence-corrected chi connectivity index (χ0v) is 80.4. The Balaban J connectivity index is 1.10. The van der Waals surface area contributed by atoms with E-state index in [0.717, 1.165) is 183 Å². The third kappa shape index (κ3) is 17.9. The molecule has 4 heterocycles. The van der Waals surface area contributed by atoms with Crippen LogP contribution in [-0.4, -0.2) is 15.8 Å². The monoisotopic (exact) mass is 1670 g/mol. The predicted octanol–water partition coefficient (Wildman–Crippen LogP) is 32.3. The number of fused-ring (bicyclic) bond motifs is 10. The third-order valence-corrected chi connectivity index (χ3v) is 25.1. The van der Waals surface area contributed by atoms with Gasteiger partial charge < -0.3 is 18.9 Å². The highest BCUT2D eigenvalue weighted by Crippen LogP contribution is 2.54. The maximum absolute atomic E-state index is 10.2. The fourth-order valence-electron chi connectivity index (χ4n) is 20.4. The SMILES string of the molecule is [2H]c1c([2H])c([2H])c2c(c1[2H])c1cc(C(C)(C)C)ccc1n2-c1ccc2c(c1)N(c1cc(-c3cccc(CC(C)(C)C)c3)c(CC(C)(C)C)cc1-c1cccc(CC(C)(C)C)c1)c1cc(CC(C)(C)C)cc3c1B2c1ccc(-n2c4ccc(C(C)(C)C)cc4c4c([2H])c([2H])c([2H])c([2H])c42)cc1N3c1cc(-c2cccc(CC(C)(C)C)c2)c(CC(C)(C)C)cc1-c1cccc(CC(C)(C)C)c1. The van der Waals surface area contributed by atoms with Crippen molar-refractivity contribution in [2.24, 2.45) is 37.9 Å². The van der Waals surface area contributed by atoms with Crippen molar-refractivity contribution in [2.45, 2.75) is 243 Å². The standard InChI is InChI=1S/C121H137BN4/c1-113(2,3)70-77-36-32-40-82(56-77)94-68-106(96(62-86(94)75-118(16,17)18)84-42-34-38-79(58-84)72-115(7,8)9)125-108-66-90(123-102-46-30-28-44-92(102)98-64-88(120(22,23)24)48-54-104(98)123)50-52-100(108)122-101-53-51-91(124-103-47-31-29-45-93(103)99-65-89(121(25,26)27)49-55-105(99)124)67-109(101)126(111-61-81(74-117(13,14)15)60-110(125)112(111)122)107-69-95(83-41-33-37-78(57-83)71-114(4,5)6)87(76-119(19,20)21)63-97(107)85-43-35-39-80(59-85)73-116(10,11)12/h28-69H,70-76H2,1-27H3/i28D,29D,30D,31D,44D,45D,46D,47D. The first-order chi connectivity index (χ1) is 62.3. The van der Waals surface area contributed by atoms with Crippen LogP contribution in [0.25, 0.3) is 99.5 Å². The molecule has 0 radical (unpaired) electrons. The molecule has 0 spiro atoms. The van der Waals surface area contributed by atoms with Crippen LogP contribution in [0.1, 0.15) is 248 Å². The van der Waals surface area contributed by atoms with Crippen LogP contribution in [-0.2, 0) is 55.8 Å². The molecule has 13 aromatic carbocycles. The van der Waals surface area contributed by atoms with Crippen LogP contribution in [0.2, 0.25) is 0 Å². The first kappa shape index (κ1) is 77.5. The number of benzene rings is 13. The molecule has 4 nitrogen and oxygen atoms in total. The van der Waals surface area contributed by atoms with E-state index in [2.05, 4.69) is 412 Å². The molecule has 0 unspecified atom stereocenters. The fourth-order valence-corrected chi connectivity index (χ4v) is 20.4. The van der Waals surface area contributed by atoms with E-state index in [4.69, 9.17) is 0 Å². The van der Waals surface area contributed by atoms with E-state index in [1.54, 1.807) is 0 Å². The Morgan fingerprint density at radius 2 is 0.571 bits per heavy atom. The molecule has 0 N–H and O–H groups in total. The van der Waals surface area contributed by atoms with Gasteiger partial charge in [0.1, 0.15) is 0 Å². The van der Waals surface area contributed by atoms with E-state index in [9.17, 15) is 11.0 Å². The van der Waals surface area contributed by atoms with Gasteiger partial charge in [-0.15, -0.1) is 0 Å². The van der Waals surface area contributed by atoms with Gasteiger partial charge in [-0.05, 0) is 291 Å². The number of hydrogen-bond acceptors (Lipinski definition) is 2. The summed E-state index contributed by atoms with van der Waals surface area (Å²) >= 11 is 0. The van der Waals surface area contributed by atoms with Gasteiger partial charge in [-0.25, -0.2) is 0 Å². The number of para-hydroxylation sites is 2. The van der Waals surface area contributed by atoms with E-state index in [1.165, 1.54) is 33.4 Å². The number of rotatable bonds is 15. The number of aromatic nitrogens is 2. The van der Waals surface area contributed by atoms with Crippen molar-refractivity contribution >= 4 is 101 Å². The van der Waals surface area contributed by atoms with Gasteiger partial charge in [0.25, 0.3) is 6.71 Å². The van der Waals surface area contributed by atoms with Gasteiger partial charge in [0.2, 0.25) is 0 Å². The molecule has 15 aromatic rings. The van der Waals surface area contributed by atoms with Gasteiger partial charge >= 0.3 is 0 Å². The van der Waals surface area contributed by atoms with Gasteiger partial charge in [0, 0.05) is 66.8 Å². The van der Waals surface area contributed by atoms with Gasteiger partial charge in [-0.3, -0.25) is 0 Å². The Morgan fingerprint density at radius 3 is 0.897 bits per heavy atom. The van der Waals surface area contributed by atoms with Gasteiger partial charge in [0.15, 0.2) is 0 Å². The largest absolute Gasteiger partial charge is 0.311 e. The van der Waals surface area contributed by atoms with Crippen LogP contribution in [0.15, 0.2) is 255 Å². The third-order valence-electron chi connectivity index (χ3n) is 25.1. The van der Waals surface area contributed by atoms with Crippen LogP contribution in [0.4, 0.5) is 34.1 Å². The molecule has 126 heavy (non-hydrogen) atoms. The summed E-state index contributed by atoms with van der Waals surface area (Å²) in [5.74, 6) is 0. The molecule has 0 amide bonds. The Morgan fingerprint density at radius 1 is 0.254 bits per heavy atom. The maximum atomic E-state index is 10.2. The summed E-state index contributed by atoms with van der Waals surface area (Å²) in [6, 6.07) is 77.6. The van der Waals surface area contributed by atoms with Gasteiger partial charge in [-0.2, -0.15) is 0 Å². The normalized spacial score (nSPS) is 14.6. The number of anilines is 6. The van der Waals surface area contributed by atoms with Crippen LogP contribution < -0.4 is 26.2 Å². The molecule has 0 saturated heterocycles. The molecule has 2 aliphatic heterocycles. The summed E-state index contributed by atoms with van der Waals surface area (Å²) < 4.78 is 82.7. The van der Waals surface area contributed by atoms with Crippen molar-refractivity contribution in [3.05, 3.63) is 305 Å². The molecule has 0 atom stereocenters. The molecule has 5 heteroatoms. The van der Waals surface area contributed by atoms with Crippen molar-refractivity contribution in [3.63, 3.8) is 0 Å². The molecular weight excluding hydrogens is 1520 g/mol. The summed E-state index contributed by atoms with van der Waals surface area (Å²) in [6.45, 7) is 61.7. The summed E-state index contributed by atoms with van der Waals surface area (Å²) in [7, 11) is 0. The zero-order valence-electron chi connectivity index (χ0n) is 88.4. The van der Waals surface area contributed by atoms with Crippen molar-refractivity contribution in [3.8, 4) is 55.9 Å². The second-order valence-electron chi connectivity index (χ2n) is 47.7. The number of hydrogen-bond donors (Lipinski definition) is 0. The Kier molecular flexibility index (Phi) is 19.4. The van der Waals surface area contributed by atoms with Gasteiger partial charge in [0.05, 0.1) is 44.4 Å². The van der Waals surface area contributed by atoms with Crippen LogP contribution >= 0.6 is 0 Å². The minimum atomic E-state index is -0.515. The van der Waals surface area contributed by atoms with Crippen LogP contribution in [0.5, 0.6) is 0 Å². The lowest BCUT2D eigenvalue weighted by molar-refractivity contribution is 0.410. The van der Waals surface area contributed by atoms with E-state index in [0.29, 0.717) is 28.2 Å². The van der Waals surface area contributed by atoms with Crippen LogP contribution in [0, 0.1) is 37.9 Å². The summed E-state index contributed by atoms with van der Waals surface area (Å²) in [4.78, 5) is 5.25. The van der Waals surface area contributed by atoms with Crippen molar-refractivity contribution < 1.29 is 11.0 Å². The van der Waals surface area contributed by atoms with Crippen molar-refractivity contribution in [1.29, 1.82) is 0 Å². The molecule has 2 aliphatic rings. The minimum Gasteiger partial charge on any atom is -0.311 e. The van der Waals surface area contributed by atoms with Crippen LogP contribution in [0.3, 0.4) is 0 Å². The van der Waals surface area contributed by atoms with Crippen molar-refractivity contribution in [1.82, 2.24) is 9.13 Å². The topological polar surface area (TPSA) is 16.3 Å². The number of nitrogens with zero attached hydrogens (tertiary/aromatic N) is 4. The summed E-state index contributed by atoms with van der Waals surface area (Å²) in [5.41, 5.74) is 31.1. The lowest BCUT2D eigenvalue weighted by atomic mass is 9.33. The molecule has 0 fully saturated rings. The first-order valence-electron chi connectivity index (χ1n) is 50.2. The predicted molar refractivity (Wildman–Crippen MR) is 550 cm³/mol. The van der Waals surface area contributed by atoms with E-state index in [-0.39, 0.29) is 97.1 Å². The molecule has 644 valence electrons. The fraction of sp³-hybridized carbons (Fsp3) is 0.355. The highest BCUT2D eigenvalue weighted by molar-refractivity contribution is 7.00. The second-order valence-corrected chi connectivity index (χ2v) is 47.7. The molecule has 0 aliphatic carbocycles. The molecule has 0 bridgehead atoms. The quantitative estimate of drug-likeness (QED) is 0.0951. The Bertz CT molecular complexity index is 6850. The summed E-state index contributed by atoms with van der Waals surface area (Å²) in [6.07, 6.45) is 5.69. The summed E-state index contributed by atoms with van der Waals surface area (Å²) in [5, 5.41) is 2.44. The van der Waals surface area contributed by atoms with E-state index in [1.807, 2.05) is 0 Å². The maximum Gasteiger partial charge on any atom is 0.252 e. The lowest BCUT2D eigenvalue weighted by Crippen LogP contribution is -2.61. The first-order valence-corrected chi connectivity index (χ1v) is 46.2. The highest BCUT2D eigenvalue weighted by atomic mass is 15.2. The van der Waals surface area contributed by atoms with Gasteiger partial charge in [-0.1, -0.05) is 345 Å². The lowest BCUT2D eigenvalue weighted by Gasteiger charge is -2.46.